The third-order valence-electron chi connectivity index (χ3n) is 14.4. The highest BCUT2D eigenvalue weighted by Crippen LogP contribution is 2.43. The Bertz CT molecular complexity index is 2460. The lowest BCUT2D eigenvalue weighted by molar-refractivity contribution is -0.136. The van der Waals surface area contributed by atoms with Crippen LogP contribution in [0.25, 0.3) is 0 Å². The fraction of sp³-hybridized carbons (Fsp3) is 0.449. The molecule has 13 nitrogen and oxygen atoms in total. The minimum absolute atomic E-state index is 0.102. The number of ether oxygens (including phenoxy) is 1. The van der Waals surface area contributed by atoms with E-state index < -0.39 is 23.8 Å². The predicted octanol–water partition coefficient (Wildman–Crippen LogP) is 6.91. The Morgan fingerprint density at radius 1 is 0.825 bits per heavy atom. The normalized spacial score (nSPS) is 20.8. The molecule has 0 saturated carbocycles. The Morgan fingerprint density at radius 2 is 1.54 bits per heavy atom. The summed E-state index contributed by atoms with van der Waals surface area (Å²) in [5.41, 5.74) is 5.01. The first-order valence-electron chi connectivity index (χ1n) is 22.2. The maximum absolute atomic E-state index is 13.4. The van der Waals surface area contributed by atoms with Crippen molar-refractivity contribution in [3.05, 3.63) is 111 Å². The van der Waals surface area contributed by atoms with Gasteiger partial charge in [0.05, 0.1) is 28.5 Å². The van der Waals surface area contributed by atoms with E-state index >= 15 is 0 Å². The lowest BCUT2D eigenvalue weighted by atomic mass is 9.71. The van der Waals surface area contributed by atoms with Gasteiger partial charge in [-0.2, -0.15) is 5.26 Å². The van der Waals surface area contributed by atoms with Crippen LogP contribution < -0.4 is 19.9 Å². The summed E-state index contributed by atoms with van der Waals surface area (Å²) >= 11 is 6.31. The van der Waals surface area contributed by atoms with Gasteiger partial charge in [0.15, 0.2) is 0 Å². The molecule has 5 aliphatic heterocycles. The second-order valence-corrected chi connectivity index (χ2v) is 19.0. The molecule has 4 amide bonds. The third kappa shape index (κ3) is 8.76. The third-order valence-corrected chi connectivity index (χ3v) is 14.6. The lowest BCUT2D eigenvalue weighted by Crippen LogP contribution is -2.54. The molecule has 14 heteroatoms. The van der Waals surface area contributed by atoms with Gasteiger partial charge >= 0.3 is 0 Å². The Hall–Kier alpha value is -5.84. The van der Waals surface area contributed by atoms with Gasteiger partial charge in [0, 0.05) is 61.5 Å². The molecular weight excluding hydrogens is 816 g/mol. The predicted molar refractivity (Wildman–Crippen MR) is 239 cm³/mol. The van der Waals surface area contributed by atoms with Crippen LogP contribution in [0.15, 0.2) is 72.9 Å². The lowest BCUT2D eigenvalue weighted by Gasteiger charge is -2.48. The van der Waals surface area contributed by atoms with Crippen LogP contribution in [0.1, 0.15) is 108 Å². The molecule has 1 unspecified atom stereocenters. The van der Waals surface area contributed by atoms with Crippen molar-refractivity contribution in [3.63, 3.8) is 0 Å². The highest BCUT2D eigenvalue weighted by atomic mass is 35.5. The van der Waals surface area contributed by atoms with Crippen molar-refractivity contribution in [2.24, 2.45) is 11.3 Å². The summed E-state index contributed by atoms with van der Waals surface area (Å²) in [4.78, 5) is 68.6. The smallest absolute Gasteiger partial charge is 0.262 e. The van der Waals surface area contributed by atoms with Gasteiger partial charge in [-0.25, -0.2) is 9.97 Å². The van der Waals surface area contributed by atoms with Gasteiger partial charge in [0.2, 0.25) is 17.8 Å². The summed E-state index contributed by atoms with van der Waals surface area (Å²) in [5.74, 6) is 0.243. The first-order chi connectivity index (χ1) is 30.4. The average Bonchev–Trinajstić information content (AvgIpc) is 3.54. The monoisotopic (exact) mass is 868 g/mol. The number of aromatic nitrogens is 2. The van der Waals surface area contributed by atoms with Crippen molar-refractivity contribution in [1.82, 2.24) is 25.1 Å². The van der Waals surface area contributed by atoms with E-state index in [1.165, 1.54) is 12.8 Å². The molecule has 63 heavy (non-hydrogen) atoms. The largest absolute Gasteiger partial charge is 0.487 e. The summed E-state index contributed by atoms with van der Waals surface area (Å²) in [7, 11) is 0. The number of hydrogen-bond acceptors (Lipinski definition) is 11. The van der Waals surface area contributed by atoms with E-state index in [-0.39, 0.29) is 24.2 Å². The number of hydrogen-bond donors (Lipinski definition) is 1. The number of nitrogens with one attached hydrogen (secondary N) is 1. The second kappa shape index (κ2) is 17.4. The highest BCUT2D eigenvalue weighted by molar-refractivity contribution is 6.30. The Kier molecular flexibility index (Phi) is 11.7. The molecule has 4 saturated heterocycles. The first kappa shape index (κ1) is 42.5. The van der Waals surface area contributed by atoms with Gasteiger partial charge in [-0.1, -0.05) is 37.6 Å². The Balaban J connectivity index is 0.713. The molecule has 4 fully saturated rings. The van der Waals surface area contributed by atoms with E-state index in [0.29, 0.717) is 39.7 Å². The molecule has 1 aromatic heterocycles. The number of fused-ring (bicyclic) bond motifs is 1. The summed E-state index contributed by atoms with van der Waals surface area (Å²) in [6, 6.07) is 22.1. The zero-order chi connectivity index (χ0) is 43.9. The summed E-state index contributed by atoms with van der Waals surface area (Å²) in [6.07, 6.45) is 8.85. The minimum Gasteiger partial charge on any atom is -0.487 e. The van der Waals surface area contributed by atoms with Gasteiger partial charge in [0.25, 0.3) is 11.8 Å². The van der Waals surface area contributed by atoms with Crippen molar-refractivity contribution < 1.29 is 23.9 Å². The number of imide groups is 2. The zero-order valence-corrected chi connectivity index (χ0v) is 36.7. The van der Waals surface area contributed by atoms with Crippen LogP contribution in [0.2, 0.25) is 5.02 Å². The summed E-state index contributed by atoms with van der Waals surface area (Å²) in [5, 5.41) is 12.2. The molecule has 4 aromatic rings. The van der Waals surface area contributed by atoms with Crippen molar-refractivity contribution in [2.75, 3.05) is 55.6 Å². The number of likely N-dealkylation sites (tertiary alicyclic amines) is 1. The maximum Gasteiger partial charge on any atom is 0.262 e. The number of nitriles is 1. The van der Waals surface area contributed by atoms with Gasteiger partial charge in [0.1, 0.15) is 18.4 Å². The van der Waals surface area contributed by atoms with Gasteiger partial charge in [-0.05, 0) is 135 Å². The number of halogens is 1. The molecule has 0 radical (unpaired) electrons. The van der Waals surface area contributed by atoms with Gasteiger partial charge < -0.3 is 19.4 Å². The Labute approximate surface area is 373 Å². The number of piperidine rings is 4. The van der Waals surface area contributed by atoms with Crippen LogP contribution in [0.3, 0.4) is 0 Å². The summed E-state index contributed by atoms with van der Waals surface area (Å²) in [6.45, 7) is 11.6. The first-order valence-corrected chi connectivity index (χ1v) is 22.6. The van der Waals surface area contributed by atoms with Crippen molar-refractivity contribution in [1.29, 1.82) is 5.26 Å². The highest BCUT2D eigenvalue weighted by Gasteiger charge is 2.45. The fourth-order valence-electron chi connectivity index (χ4n) is 10.2. The molecule has 326 valence electrons. The van der Waals surface area contributed by atoms with Crippen LogP contribution in [0.4, 0.5) is 11.6 Å². The van der Waals surface area contributed by atoms with Crippen molar-refractivity contribution in [2.45, 2.75) is 83.3 Å². The molecule has 0 bridgehead atoms. The van der Waals surface area contributed by atoms with Crippen LogP contribution in [0.5, 0.6) is 5.75 Å². The molecule has 6 heterocycles. The number of amides is 4. The van der Waals surface area contributed by atoms with E-state index in [2.05, 4.69) is 57.0 Å². The number of carbonyl (C=O) groups excluding carboxylic acids is 4. The number of benzene rings is 3. The van der Waals surface area contributed by atoms with E-state index in [4.69, 9.17) is 21.3 Å². The molecule has 1 N–H and O–H groups in total. The number of nitrogens with zero attached hydrogens (tertiary/aromatic N) is 7. The molecule has 3 aromatic carbocycles. The minimum atomic E-state index is -0.961. The topological polar surface area (TPSA) is 152 Å². The maximum atomic E-state index is 13.4. The number of anilines is 2. The summed E-state index contributed by atoms with van der Waals surface area (Å²) < 4.78 is 6.16. The molecule has 1 spiro atoms. The standard InChI is InChI=1S/C49H53ClN8O5/c1-48(2,35-25-33(29-51)26-36(50)27-35)34-3-6-39(7-4-34)63-31-37-11-18-52-47(53-37)57-19-12-32(13-20-57)30-55-21-14-49(15-22-55)16-23-56(24-17-49)38-5-8-40-41(28-38)46(62)58(45(40)61)42-9-10-43(59)54-44(42)60/h3-8,11,18,25-28,32,42H,9-10,12-17,19-24,30-31H2,1-2H3,(H,54,59,60). The fourth-order valence-corrected chi connectivity index (χ4v) is 10.4. The average molecular weight is 869 g/mol. The Morgan fingerprint density at radius 3 is 2.25 bits per heavy atom. The number of rotatable bonds is 10. The SMILES string of the molecule is CC(C)(c1ccc(OCc2ccnc(N3CCC(CN4CCC5(CC4)CCN(c4ccc6c(c4)C(=O)N(C4CCC(=O)NC4=O)C6=O)CC5)CC3)n2)cc1)c1cc(Cl)cc(C#N)c1. The molecule has 0 aliphatic carbocycles. The van der Waals surface area contributed by atoms with E-state index in [1.807, 2.05) is 48.7 Å². The van der Waals surface area contributed by atoms with Crippen molar-refractivity contribution >= 4 is 46.9 Å². The zero-order valence-electron chi connectivity index (χ0n) is 35.9. The second-order valence-electron chi connectivity index (χ2n) is 18.5. The van der Waals surface area contributed by atoms with E-state index in [9.17, 15) is 24.4 Å². The quantitative estimate of drug-likeness (QED) is 0.166. The van der Waals surface area contributed by atoms with Gasteiger partial charge in [-0.15, -0.1) is 0 Å². The molecular formula is C49H53ClN8O5. The van der Waals surface area contributed by atoms with Crippen LogP contribution in [-0.2, 0) is 21.6 Å². The van der Waals surface area contributed by atoms with Crippen molar-refractivity contribution in [3.8, 4) is 11.8 Å². The van der Waals surface area contributed by atoms with Crippen LogP contribution in [0, 0.1) is 22.7 Å². The van der Waals surface area contributed by atoms with E-state index in [1.54, 1.807) is 12.1 Å². The van der Waals surface area contributed by atoms with Crippen LogP contribution >= 0.6 is 11.6 Å². The molecule has 5 aliphatic rings. The molecule has 1 atom stereocenters. The molecule has 9 rings (SSSR count). The van der Waals surface area contributed by atoms with Gasteiger partial charge in [-0.3, -0.25) is 29.4 Å². The number of carbonyl (C=O) groups is 4. The van der Waals surface area contributed by atoms with Crippen LogP contribution in [-0.4, -0.2) is 95.3 Å². The van der Waals surface area contributed by atoms with E-state index in [0.717, 1.165) is 111 Å².